The lowest BCUT2D eigenvalue weighted by Gasteiger charge is -2.13. The van der Waals surface area contributed by atoms with Gasteiger partial charge in [0.2, 0.25) is 0 Å². The Morgan fingerprint density at radius 3 is 2.61 bits per heavy atom. The standard InChI is InChI=1S/C15H19ClN4O2S/c1-20(2)23(21,22)19-15-7-6-14(11-18-15)17-9-8-12-4-3-5-13(16)10-12/h3-7,10-11,17H,8-9H2,1-2H3,(H,18,19). The van der Waals surface area contributed by atoms with Gasteiger partial charge < -0.3 is 5.32 Å². The topological polar surface area (TPSA) is 74.3 Å². The summed E-state index contributed by atoms with van der Waals surface area (Å²) in [5.41, 5.74) is 1.97. The zero-order chi connectivity index (χ0) is 16.9. The number of anilines is 2. The molecule has 0 bridgehead atoms. The van der Waals surface area contributed by atoms with E-state index in [1.165, 1.54) is 14.1 Å². The number of benzene rings is 1. The first-order valence-electron chi connectivity index (χ1n) is 7.01. The van der Waals surface area contributed by atoms with Crippen LogP contribution in [0, 0.1) is 0 Å². The zero-order valence-corrected chi connectivity index (χ0v) is 14.5. The van der Waals surface area contributed by atoms with Crippen LogP contribution in [0.25, 0.3) is 0 Å². The molecule has 2 rings (SSSR count). The van der Waals surface area contributed by atoms with Crippen LogP contribution in [0.5, 0.6) is 0 Å². The van der Waals surface area contributed by atoms with Gasteiger partial charge in [-0.1, -0.05) is 23.7 Å². The number of nitrogens with one attached hydrogen (secondary N) is 2. The Bertz CT molecular complexity index is 748. The first-order valence-corrected chi connectivity index (χ1v) is 8.83. The molecule has 0 radical (unpaired) electrons. The third kappa shape index (κ3) is 5.38. The second-order valence-electron chi connectivity index (χ2n) is 5.13. The van der Waals surface area contributed by atoms with Crippen molar-refractivity contribution in [3.8, 4) is 0 Å². The molecule has 0 aliphatic carbocycles. The quantitative estimate of drug-likeness (QED) is 0.801. The molecule has 0 fully saturated rings. The molecule has 8 heteroatoms. The van der Waals surface area contributed by atoms with E-state index in [9.17, 15) is 8.42 Å². The van der Waals surface area contributed by atoms with Crippen molar-refractivity contribution in [3.05, 3.63) is 53.2 Å². The highest BCUT2D eigenvalue weighted by Gasteiger charge is 2.13. The van der Waals surface area contributed by atoms with Gasteiger partial charge in [-0.2, -0.15) is 12.7 Å². The third-order valence-electron chi connectivity index (χ3n) is 3.11. The summed E-state index contributed by atoms with van der Waals surface area (Å²) < 4.78 is 26.8. The van der Waals surface area contributed by atoms with E-state index >= 15 is 0 Å². The van der Waals surface area contributed by atoms with E-state index in [1.54, 1.807) is 18.3 Å². The van der Waals surface area contributed by atoms with Crippen LogP contribution in [-0.4, -0.2) is 38.3 Å². The highest BCUT2D eigenvalue weighted by Crippen LogP contribution is 2.13. The van der Waals surface area contributed by atoms with Gasteiger partial charge in [0.05, 0.1) is 11.9 Å². The fourth-order valence-electron chi connectivity index (χ4n) is 1.83. The molecule has 0 spiro atoms. The van der Waals surface area contributed by atoms with Crippen molar-refractivity contribution in [3.63, 3.8) is 0 Å². The van der Waals surface area contributed by atoms with Gasteiger partial charge >= 0.3 is 10.2 Å². The molecule has 1 aromatic heterocycles. The van der Waals surface area contributed by atoms with E-state index in [2.05, 4.69) is 15.0 Å². The van der Waals surface area contributed by atoms with Gasteiger partial charge in [-0.25, -0.2) is 4.98 Å². The predicted molar refractivity (Wildman–Crippen MR) is 94.1 cm³/mol. The van der Waals surface area contributed by atoms with Gasteiger partial charge in [0.25, 0.3) is 0 Å². The fourth-order valence-corrected chi connectivity index (χ4v) is 2.61. The molecule has 0 atom stereocenters. The Kier molecular flexibility index (Phi) is 5.81. The van der Waals surface area contributed by atoms with E-state index in [-0.39, 0.29) is 5.82 Å². The van der Waals surface area contributed by atoms with Crippen LogP contribution in [0.4, 0.5) is 11.5 Å². The van der Waals surface area contributed by atoms with Gasteiger partial charge in [-0.15, -0.1) is 0 Å². The van der Waals surface area contributed by atoms with E-state index in [0.717, 1.165) is 33.5 Å². The summed E-state index contributed by atoms with van der Waals surface area (Å²) >= 11 is 5.94. The molecule has 0 saturated carbocycles. The lowest BCUT2D eigenvalue weighted by Crippen LogP contribution is -2.29. The third-order valence-corrected chi connectivity index (χ3v) is 4.77. The van der Waals surface area contributed by atoms with Crippen LogP contribution in [0.1, 0.15) is 5.56 Å². The molecule has 0 aliphatic rings. The van der Waals surface area contributed by atoms with Crippen LogP contribution in [-0.2, 0) is 16.6 Å². The Labute approximate surface area is 141 Å². The summed E-state index contributed by atoms with van der Waals surface area (Å²) in [5, 5.41) is 3.96. The number of nitrogens with zero attached hydrogens (tertiary/aromatic N) is 2. The summed E-state index contributed by atoms with van der Waals surface area (Å²) in [5.74, 6) is 0.277. The molecule has 0 aliphatic heterocycles. The first-order chi connectivity index (χ1) is 10.9. The van der Waals surface area contributed by atoms with Crippen LogP contribution < -0.4 is 10.0 Å². The monoisotopic (exact) mass is 354 g/mol. The number of hydrogen-bond acceptors (Lipinski definition) is 4. The van der Waals surface area contributed by atoms with E-state index in [1.807, 2.05) is 24.3 Å². The van der Waals surface area contributed by atoms with Crippen molar-refractivity contribution in [2.75, 3.05) is 30.7 Å². The number of rotatable bonds is 7. The SMILES string of the molecule is CN(C)S(=O)(=O)Nc1ccc(NCCc2cccc(Cl)c2)cn1. The normalized spacial score (nSPS) is 11.5. The minimum absolute atomic E-state index is 0.277. The Morgan fingerprint density at radius 2 is 2.00 bits per heavy atom. The summed E-state index contributed by atoms with van der Waals surface area (Å²) in [7, 11) is -0.628. The molecule has 0 amide bonds. The van der Waals surface area contributed by atoms with Gasteiger partial charge in [0.15, 0.2) is 0 Å². The molecular formula is C15H19ClN4O2S. The van der Waals surface area contributed by atoms with Crippen LogP contribution >= 0.6 is 11.6 Å². The lowest BCUT2D eigenvalue weighted by molar-refractivity contribution is 0.526. The van der Waals surface area contributed by atoms with Crippen molar-refractivity contribution >= 4 is 33.3 Å². The average Bonchev–Trinajstić information content (AvgIpc) is 2.49. The molecule has 124 valence electrons. The van der Waals surface area contributed by atoms with Crippen molar-refractivity contribution in [2.45, 2.75) is 6.42 Å². The predicted octanol–water partition coefficient (Wildman–Crippen LogP) is 2.61. The lowest BCUT2D eigenvalue weighted by atomic mass is 10.1. The summed E-state index contributed by atoms with van der Waals surface area (Å²) in [4.78, 5) is 4.09. The average molecular weight is 355 g/mol. The second kappa shape index (κ2) is 7.63. The molecule has 2 N–H and O–H groups in total. The molecule has 1 heterocycles. The fraction of sp³-hybridized carbons (Fsp3) is 0.267. The maximum atomic E-state index is 11.7. The number of halogens is 1. The van der Waals surface area contributed by atoms with Crippen molar-refractivity contribution in [1.82, 2.24) is 9.29 Å². The number of pyridine rings is 1. The van der Waals surface area contributed by atoms with E-state index < -0.39 is 10.2 Å². The number of hydrogen-bond donors (Lipinski definition) is 2. The minimum Gasteiger partial charge on any atom is -0.383 e. The van der Waals surface area contributed by atoms with Crippen LogP contribution in [0.2, 0.25) is 5.02 Å². The van der Waals surface area contributed by atoms with E-state index in [4.69, 9.17) is 11.6 Å². The Morgan fingerprint density at radius 1 is 1.22 bits per heavy atom. The Balaban J connectivity index is 1.88. The largest absolute Gasteiger partial charge is 0.383 e. The molecule has 23 heavy (non-hydrogen) atoms. The molecule has 6 nitrogen and oxygen atoms in total. The Hall–Kier alpha value is -1.83. The van der Waals surface area contributed by atoms with Crippen LogP contribution in [0.15, 0.2) is 42.6 Å². The molecule has 2 aromatic rings. The maximum absolute atomic E-state index is 11.7. The van der Waals surface area contributed by atoms with Crippen molar-refractivity contribution in [1.29, 1.82) is 0 Å². The number of aromatic nitrogens is 1. The molecule has 0 saturated heterocycles. The van der Waals surface area contributed by atoms with Crippen molar-refractivity contribution < 1.29 is 8.42 Å². The smallest absolute Gasteiger partial charge is 0.302 e. The van der Waals surface area contributed by atoms with Gasteiger partial charge in [0, 0.05) is 25.7 Å². The first kappa shape index (κ1) is 17.5. The summed E-state index contributed by atoms with van der Waals surface area (Å²) in [6, 6.07) is 11.1. The maximum Gasteiger partial charge on any atom is 0.302 e. The molecule has 0 unspecified atom stereocenters. The van der Waals surface area contributed by atoms with Crippen LogP contribution in [0.3, 0.4) is 0 Å². The second-order valence-corrected chi connectivity index (χ2v) is 7.45. The van der Waals surface area contributed by atoms with Gasteiger partial charge in [-0.3, -0.25) is 4.72 Å². The highest BCUT2D eigenvalue weighted by molar-refractivity contribution is 7.90. The van der Waals surface area contributed by atoms with Crippen molar-refractivity contribution in [2.24, 2.45) is 0 Å². The summed E-state index contributed by atoms with van der Waals surface area (Å²) in [6.07, 6.45) is 2.42. The molecular weight excluding hydrogens is 336 g/mol. The highest BCUT2D eigenvalue weighted by atomic mass is 35.5. The summed E-state index contributed by atoms with van der Waals surface area (Å²) in [6.45, 7) is 0.727. The van der Waals surface area contributed by atoms with Gasteiger partial charge in [0.1, 0.15) is 5.82 Å². The minimum atomic E-state index is -3.53. The zero-order valence-electron chi connectivity index (χ0n) is 13.0. The van der Waals surface area contributed by atoms with E-state index in [0.29, 0.717) is 0 Å². The van der Waals surface area contributed by atoms with Gasteiger partial charge in [-0.05, 0) is 36.2 Å². The molecule has 1 aromatic carbocycles.